The van der Waals surface area contributed by atoms with E-state index in [0.717, 1.165) is 30.2 Å². The predicted octanol–water partition coefficient (Wildman–Crippen LogP) is 4.42. The number of aliphatic hydroxyl groups excluding tert-OH is 1. The molecule has 0 saturated heterocycles. The molecule has 0 unspecified atom stereocenters. The Hall–Kier alpha value is -3.34. The first kappa shape index (κ1) is 31.2. The normalized spacial score (nSPS) is 13.2. The fourth-order valence-corrected chi connectivity index (χ4v) is 5.81. The van der Waals surface area contributed by atoms with Gasteiger partial charge in [-0.2, -0.15) is 0 Å². The summed E-state index contributed by atoms with van der Waals surface area (Å²) in [5.74, 6) is -2.24. The summed E-state index contributed by atoms with van der Waals surface area (Å²) in [5.41, 5.74) is 2.89. The van der Waals surface area contributed by atoms with E-state index in [2.05, 4.69) is 28.3 Å². The topological polar surface area (TPSA) is 108 Å². The molecule has 40 heavy (non-hydrogen) atoms. The molecule has 0 fully saturated rings. The highest BCUT2D eigenvalue weighted by molar-refractivity contribution is 7.92. The lowest BCUT2D eigenvalue weighted by molar-refractivity contribution is 0.0830. The molecule has 0 spiro atoms. The van der Waals surface area contributed by atoms with Gasteiger partial charge in [-0.15, -0.1) is 0 Å². The fourth-order valence-electron chi connectivity index (χ4n) is 4.37. The smallest absolute Gasteiger partial charge is 0.251 e. The molecule has 0 heterocycles. The van der Waals surface area contributed by atoms with Crippen molar-refractivity contribution in [3.63, 3.8) is 0 Å². The van der Waals surface area contributed by atoms with Crippen LogP contribution >= 0.6 is 0 Å². The SMILES string of the molecule is CCc1cccc(CNC[C@H](O)[C@H](Cc2cc(F)cc(F)c2)NC(=O)c2cccc(NS(=O)(=O)CC(C)C)c2)c1. The van der Waals surface area contributed by atoms with Crippen LogP contribution in [-0.2, 0) is 29.4 Å². The van der Waals surface area contributed by atoms with Gasteiger partial charge < -0.3 is 15.7 Å². The maximum absolute atomic E-state index is 13.9. The molecule has 3 aromatic rings. The van der Waals surface area contributed by atoms with Crippen LogP contribution in [-0.4, -0.2) is 43.9 Å². The lowest BCUT2D eigenvalue weighted by Gasteiger charge is -2.25. The number of nitrogens with one attached hydrogen (secondary N) is 3. The second kappa shape index (κ2) is 14.3. The van der Waals surface area contributed by atoms with Gasteiger partial charge in [0.15, 0.2) is 0 Å². The molecular weight excluding hydrogens is 536 g/mol. The summed E-state index contributed by atoms with van der Waals surface area (Å²) >= 11 is 0. The number of anilines is 1. The van der Waals surface area contributed by atoms with Crippen molar-refractivity contribution in [3.05, 3.63) is 101 Å². The van der Waals surface area contributed by atoms with Crippen molar-refractivity contribution in [1.82, 2.24) is 10.6 Å². The molecule has 3 rings (SSSR count). The zero-order valence-corrected chi connectivity index (χ0v) is 23.8. The third kappa shape index (κ3) is 10.0. The van der Waals surface area contributed by atoms with Crippen LogP contribution in [0, 0.1) is 17.6 Å². The zero-order valence-electron chi connectivity index (χ0n) is 23.0. The highest BCUT2D eigenvalue weighted by Crippen LogP contribution is 2.16. The van der Waals surface area contributed by atoms with Crippen LogP contribution < -0.4 is 15.4 Å². The minimum atomic E-state index is -3.60. The minimum Gasteiger partial charge on any atom is -0.390 e. The van der Waals surface area contributed by atoms with E-state index >= 15 is 0 Å². The number of carbonyl (C=O) groups excluding carboxylic acids is 1. The van der Waals surface area contributed by atoms with E-state index in [9.17, 15) is 27.1 Å². The molecule has 0 aromatic heterocycles. The van der Waals surface area contributed by atoms with Gasteiger partial charge in [-0.05, 0) is 65.8 Å². The highest BCUT2D eigenvalue weighted by atomic mass is 32.2. The molecule has 10 heteroatoms. The Morgan fingerprint density at radius 1 is 0.925 bits per heavy atom. The van der Waals surface area contributed by atoms with E-state index in [1.807, 2.05) is 18.2 Å². The van der Waals surface area contributed by atoms with Crippen molar-refractivity contribution in [3.8, 4) is 0 Å². The Morgan fingerprint density at radius 2 is 1.60 bits per heavy atom. The van der Waals surface area contributed by atoms with Crippen LogP contribution in [0.5, 0.6) is 0 Å². The number of aryl methyl sites for hydroxylation is 1. The Balaban J connectivity index is 1.74. The summed E-state index contributed by atoms with van der Waals surface area (Å²) in [5, 5.41) is 17.0. The Bertz CT molecular complexity index is 1380. The summed E-state index contributed by atoms with van der Waals surface area (Å²) in [6.07, 6.45) is -0.234. The van der Waals surface area contributed by atoms with E-state index in [1.165, 1.54) is 23.8 Å². The van der Waals surface area contributed by atoms with Crippen molar-refractivity contribution in [2.45, 2.75) is 52.3 Å². The molecule has 4 N–H and O–H groups in total. The molecule has 7 nitrogen and oxygen atoms in total. The van der Waals surface area contributed by atoms with Crippen LogP contribution in [0.2, 0.25) is 0 Å². The number of amides is 1. The molecule has 0 aliphatic heterocycles. The third-order valence-electron chi connectivity index (χ3n) is 6.19. The van der Waals surface area contributed by atoms with Gasteiger partial charge in [-0.1, -0.05) is 51.1 Å². The van der Waals surface area contributed by atoms with Gasteiger partial charge in [0.2, 0.25) is 10.0 Å². The van der Waals surface area contributed by atoms with Crippen LogP contribution in [0.3, 0.4) is 0 Å². The number of benzene rings is 3. The summed E-state index contributed by atoms with van der Waals surface area (Å²) in [7, 11) is -3.60. The van der Waals surface area contributed by atoms with Crippen molar-refractivity contribution >= 4 is 21.6 Å². The molecular formula is C30H37F2N3O4S. The lowest BCUT2D eigenvalue weighted by atomic mass is 10.00. The first-order valence-corrected chi connectivity index (χ1v) is 14.9. The molecule has 1 amide bonds. The molecule has 216 valence electrons. The third-order valence-corrected chi connectivity index (χ3v) is 7.84. The maximum atomic E-state index is 13.9. The zero-order chi connectivity index (χ0) is 29.3. The number of rotatable bonds is 14. The van der Waals surface area contributed by atoms with Gasteiger partial charge in [-0.25, -0.2) is 17.2 Å². The van der Waals surface area contributed by atoms with Crippen molar-refractivity contribution in [2.24, 2.45) is 5.92 Å². The van der Waals surface area contributed by atoms with Crippen molar-refractivity contribution < 1.29 is 27.1 Å². The van der Waals surface area contributed by atoms with Crippen molar-refractivity contribution in [2.75, 3.05) is 17.0 Å². The lowest BCUT2D eigenvalue weighted by Crippen LogP contribution is -2.48. The minimum absolute atomic E-state index is 0.0324. The van der Waals surface area contributed by atoms with Crippen LogP contribution in [0.4, 0.5) is 14.5 Å². The molecule has 0 radical (unpaired) electrons. The Labute approximate surface area is 235 Å². The standard InChI is InChI=1S/C30H37F2N3O4S/c1-4-21-7-5-8-22(11-21)17-33-18-29(36)28(14-23-12-25(31)16-26(32)13-23)34-30(37)24-9-6-10-27(15-24)35-40(38,39)19-20(2)3/h5-13,15-16,20,28-29,33,35-36H,4,14,17-19H2,1-3H3,(H,34,37)/t28-,29-/m0/s1. The largest absolute Gasteiger partial charge is 0.390 e. The Kier molecular flexibility index (Phi) is 11.2. The highest BCUT2D eigenvalue weighted by Gasteiger charge is 2.23. The number of carbonyl (C=O) groups is 1. The van der Waals surface area contributed by atoms with Crippen LogP contribution in [0.25, 0.3) is 0 Å². The van der Waals surface area contributed by atoms with E-state index in [-0.39, 0.29) is 41.5 Å². The summed E-state index contributed by atoms with van der Waals surface area (Å²) in [6, 6.07) is 16.2. The predicted molar refractivity (Wildman–Crippen MR) is 154 cm³/mol. The molecule has 3 aromatic carbocycles. The second-order valence-corrected chi connectivity index (χ2v) is 12.1. The first-order chi connectivity index (χ1) is 18.9. The summed E-state index contributed by atoms with van der Waals surface area (Å²) in [6.45, 7) is 6.23. The van der Waals surface area contributed by atoms with E-state index in [1.54, 1.807) is 19.9 Å². The quantitative estimate of drug-likeness (QED) is 0.229. The van der Waals surface area contributed by atoms with E-state index in [4.69, 9.17) is 0 Å². The van der Waals surface area contributed by atoms with Gasteiger partial charge in [-0.3, -0.25) is 9.52 Å². The molecule has 0 aliphatic rings. The molecule has 0 saturated carbocycles. The number of halogens is 2. The fraction of sp³-hybridized carbons (Fsp3) is 0.367. The summed E-state index contributed by atoms with van der Waals surface area (Å²) < 4.78 is 54.9. The van der Waals surface area contributed by atoms with Gasteiger partial charge >= 0.3 is 0 Å². The van der Waals surface area contributed by atoms with Gasteiger partial charge in [0.1, 0.15) is 11.6 Å². The van der Waals surface area contributed by atoms with Gasteiger partial charge in [0.25, 0.3) is 5.91 Å². The van der Waals surface area contributed by atoms with E-state index < -0.39 is 39.7 Å². The van der Waals surface area contributed by atoms with Crippen LogP contribution in [0.1, 0.15) is 47.8 Å². The number of hydrogen-bond donors (Lipinski definition) is 4. The van der Waals surface area contributed by atoms with Gasteiger partial charge in [0, 0.05) is 30.4 Å². The molecule has 0 aliphatic carbocycles. The first-order valence-electron chi connectivity index (χ1n) is 13.3. The van der Waals surface area contributed by atoms with Gasteiger partial charge in [0.05, 0.1) is 17.9 Å². The number of aliphatic hydroxyl groups is 1. The summed E-state index contributed by atoms with van der Waals surface area (Å²) in [4.78, 5) is 13.2. The average molecular weight is 574 g/mol. The van der Waals surface area contributed by atoms with E-state index in [0.29, 0.717) is 6.54 Å². The van der Waals surface area contributed by atoms with Crippen LogP contribution in [0.15, 0.2) is 66.7 Å². The number of hydrogen-bond acceptors (Lipinski definition) is 5. The number of sulfonamides is 1. The monoisotopic (exact) mass is 573 g/mol. The van der Waals surface area contributed by atoms with Crippen molar-refractivity contribution in [1.29, 1.82) is 0 Å². The average Bonchev–Trinajstić information content (AvgIpc) is 2.86. The molecule has 2 atom stereocenters. The maximum Gasteiger partial charge on any atom is 0.251 e. The second-order valence-electron chi connectivity index (χ2n) is 10.3. The Morgan fingerprint density at radius 3 is 2.27 bits per heavy atom. The molecule has 0 bridgehead atoms.